The number of ether oxygens (including phenoxy) is 2. The zero-order valence-electron chi connectivity index (χ0n) is 15.5. The van der Waals surface area contributed by atoms with Crippen molar-refractivity contribution in [2.45, 2.75) is 32.8 Å². The fourth-order valence-electron chi connectivity index (χ4n) is 3.16. The highest BCUT2D eigenvalue weighted by molar-refractivity contribution is 5.78. The van der Waals surface area contributed by atoms with E-state index in [9.17, 15) is 4.79 Å². The highest BCUT2D eigenvalue weighted by Gasteiger charge is 2.24. The molecule has 1 aliphatic rings. The Hall–Kier alpha value is -2.40. The van der Waals surface area contributed by atoms with Crippen molar-refractivity contribution >= 4 is 5.91 Å². The van der Waals surface area contributed by atoms with Crippen molar-refractivity contribution in [1.82, 2.24) is 9.88 Å². The van der Waals surface area contributed by atoms with Crippen LogP contribution in [0.25, 0.3) is 0 Å². The molecule has 1 aromatic carbocycles. The molecule has 3 rings (SSSR count). The minimum absolute atomic E-state index is 0.00557. The summed E-state index contributed by atoms with van der Waals surface area (Å²) < 4.78 is 11.6. The SMILES string of the molecule is CCc1nc(C)ccc1OCC(=O)N1CCO[C@@H](Cc2ccccc2)C1. The molecule has 1 aliphatic heterocycles. The molecule has 0 saturated carbocycles. The Morgan fingerprint density at radius 1 is 1.27 bits per heavy atom. The fourth-order valence-corrected chi connectivity index (χ4v) is 3.16. The Labute approximate surface area is 155 Å². The Bertz CT molecular complexity index is 733. The van der Waals surface area contributed by atoms with E-state index in [1.165, 1.54) is 5.56 Å². The van der Waals surface area contributed by atoms with Crippen molar-refractivity contribution < 1.29 is 14.3 Å². The molecular weight excluding hydrogens is 328 g/mol. The Kier molecular flexibility index (Phi) is 6.23. The van der Waals surface area contributed by atoms with Crippen LogP contribution in [0.4, 0.5) is 0 Å². The van der Waals surface area contributed by atoms with Gasteiger partial charge in [-0.25, -0.2) is 0 Å². The molecule has 1 saturated heterocycles. The molecule has 1 amide bonds. The lowest BCUT2D eigenvalue weighted by atomic mass is 10.1. The first-order valence-corrected chi connectivity index (χ1v) is 9.18. The zero-order chi connectivity index (χ0) is 18.4. The number of amides is 1. The van der Waals surface area contributed by atoms with Gasteiger partial charge in [-0.3, -0.25) is 9.78 Å². The number of carbonyl (C=O) groups is 1. The molecule has 0 bridgehead atoms. The second-order valence-corrected chi connectivity index (χ2v) is 6.56. The average molecular weight is 354 g/mol. The van der Waals surface area contributed by atoms with Gasteiger partial charge in [-0.1, -0.05) is 37.3 Å². The van der Waals surface area contributed by atoms with E-state index in [2.05, 4.69) is 17.1 Å². The number of rotatable bonds is 6. The van der Waals surface area contributed by atoms with Crippen molar-refractivity contribution in [3.05, 3.63) is 59.4 Å². The van der Waals surface area contributed by atoms with Crippen LogP contribution in [-0.4, -0.2) is 48.2 Å². The Morgan fingerprint density at radius 3 is 2.85 bits per heavy atom. The maximum atomic E-state index is 12.6. The summed E-state index contributed by atoms with van der Waals surface area (Å²) in [6.45, 7) is 5.80. The number of benzene rings is 1. The quantitative estimate of drug-likeness (QED) is 0.800. The minimum Gasteiger partial charge on any atom is -0.482 e. The van der Waals surface area contributed by atoms with Gasteiger partial charge in [0.15, 0.2) is 6.61 Å². The van der Waals surface area contributed by atoms with Crippen LogP contribution >= 0.6 is 0 Å². The molecule has 2 heterocycles. The van der Waals surface area contributed by atoms with Gasteiger partial charge in [0.25, 0.3) is 5.91 Å². The second kappa shape index (κ2) is 8.81. The number of hydrogen-bond acceptors (Lipinski definition) is 4. The summed E-state index contributed by atoms with van der Waals surface area (Å²) in [6, 6.07) is 14.0. The fraction of sp³-hybridized carbons (Fsp3) is 0.429. The molecule has 138 valence electrons. The summed E-state index contributed by atoms with van der Waals surface area (Å²) in [4.78, 5) is 18.9. The number of pyridine rings is 1. The van der Waals surface area contributed by atoms with Crippen LogP contribution in [0.2, 0.25) is 0 Å². The van der Waals surface area contributed by atoms with Gasteiger partial charge in [0.2, 0.25) is 0 Å². The van der Waals surface area contributed by atoms with Crippen molar-refractivity contribution in [1.29, 1.82) is 0 Å². The monoisotopic (exact) mass is 354 g/mol. The predicted octanol–water partition coefficient (Wildman–Crippen LogP) is 2.80. The number of nitrogens with zero attached hydrogens (tertiary/aromatic N) is 2. The molecule has 1 atom stereocenters. The number of carbonyl (C=O) groups excluding carboxylic acids is 1. The molecule has 2 aromatic rings. The normalized spacial score (nSPS) is 17.2. The molecule has 0 aliphatic carbocycles. The van der Waals surface area contributed by atoms with E-state index in [4.69, 9.17) is 9.47 Å². The van der Waals surface area contributed by atoms with Gasteiger partial charge in [0, 0.05) is 25.2 Å². The smallest absolute Gasteiger partial charge is 0.260 e. The lowest BCUT2D eigenvalue weighted by molar-refractivity contribution is -0.140. The van der Waals surface area contributed by atoms with Gasteiger partial charge in [-0.05, 0) is 31.0 Å². The van der Waals surface area contributed by atoms with E-state index >= 15 is 0 Å². The highest BCUT2D eigenvalue weighted by atomic mass is 16.5. The van der Waals surface area contributed by atoms with E-state index in [1.807, 2.05) is 49.1 Å². The lowest BCUT2D eigenvalue weighted by Gasteiger charge is -2.33. The van der Waals surface area contributed by atoms with Gasteiger partial charge in [0.05, 0.1) is 18.4 Å². The third-order valence-corrected chi connectivity index (χ3v) is 4.56. The largest absolute Gasteiger partial charge is 0.482 e. The molecule has 0 radical (unpaired) electrons. The average Bonchev–Trinajstić information content (AvgIpc) is 2.67. The lowest BCUT2D eigenvalue weighted by Crippen LogP contribution is -2.47. The van der Waals surface area contributed by atoms with Crippen molar-refractivity contribution in [3.63, 3.8) is 0 Å². The molecule has 0 unspecified atom stereocenters. The Morgan fingerprint density at radius 2 is 2.08 bits per heavy atom. The van der Waals surface area contributed by atoms with Crippen LogP contribution in [0.5, 0.6) is 5.75 Å². The van der Waals surface area contributed by atoms with Gasteiger partial charge in [-0.2, -0.15) is 0 Å². The third-order valence-electron chi connectivity index (χ3n) is 4.56. The first kappa shape index (κ1) is 18.4. The van der Waals surface area contributed by atoms with E-state index in [-0.39, 0.29) is 18.6 Å². The summed E-state index contributed by atoms with van der Waals surface area (Å²) in [5.74, 6) is 0.689. The predicted molar refractivity (Wildman–Crippen MR) is 100 cm³/mol. The van der Waals surface area contributed by atoms with E-state index in [1.54, 1.807) is 0 Å². The van der Waals surface area contributed by atoms with Crippen molar-refractivity contribution in [2.75, 3.05) is 26.3 Å². The zero-order valence-corrected chi connectivity index (χ0v) is 15.5. The summed E-state index contributed by atoms with van der Waals surface area (Å²) >= 11 is 0. The van der Waals surface area contributed by atoms with Crippen molar-refractivity contribution in [2.24, 2.45) is 0 Å². The Balaban J connectivity index is 1.54. The van der Waals surface area contributed by atoms with Crippen molar-refractivity contribution in [3.8, 4) is 5.75 Å². The maximum Gasteiger partial charge on any atom is 0.260 e. The van der Waals surface area contributed by atoms with Crippen LogP contribution in [0.1, 0.15) is 23.9 Å². The van der Waals surface area contributed by atoms with Crippen LogP contribution in [0.3, 0.4) is 0 Å². The van der Waals surface area contributed by atoms with Gasteiger partial charge < -0.3 is 14.4 Å². The molecule has 5 heteroatoms. The molecule has 1 aromatic heterocycles. The van der Waals surface area contributed by atoms with Crippen LogP contribution in [0.15, 0.2) is 42.5 Å². The summed E-state index contributed by atoms with van der Waals surface area (Å²) in [7, 11) is 0. The molecular formula is C21H26N2O3. The molecule has 0 N–H and O–H groups in total. The number of morpholine rings is 1. The minimum atomic E-state index is -0.00557. The first-order valence-electron chi connectivity index (χ1n) is 9.18. The van der Waals surface area contributed by atoms with Gasteiger partial charge >= 0.3 is 0 Å². The number of hydrogen-bond donors (Lipinski definition) is 0. The summed E-state index contributed by atoms with van der Waals surface area (Å²) in [5, 5.41) is 0. The van der Waals surface area contributed by atoms with E-state index < -0.39 is 0 Å². The summed E-state index contributed by atoms with van der Waals surface area (Å²) in [5.41, 5.74) is 3.07. The number of aryl methyl sites for hydroxylation is 2. The molecule has 1 fully saturated rings. The topological polar surface area (TPSA) is 51.7 Å². The van der Waals surface area contributed by atoms with Gasteiger partial charge in [0.1, 0.15) is 5.75 Å². The van der Waals surface area contributed by atoms with E-state index in [0.29, 0.717) is 25.4 Å². The van der Waals surface area contributed by atoms with Crippen LogP contribution in [-0.2, 0) is 22.4 Å². The third kappa shape index (κ3) is 4.82. The molecule has 5 nitrogen and oxygen atoms in total. The van der Waals surface area contributed by atoms with Crippen LogP contribution in [0, 0.1) is 6.92 Å². The van der Waals surface area contributed by atoms with Gasteiger partial charge in [-0.15, -0.1) is 0 Å². The highest BCUT2D eigenvalue weighted by Crippen LogP contribution is 2.18. The standard InChI is InChI=1S/C21H26N2O3/c1-3-19-20(10-9-16(2)22-19)26-15-21(24)23-11-12-25-18(14-23)13-17-7-5-4-6-8-17/h4-10,18H,3,11-15H2,1-2H3/t18-/m0/s1. The maximum absolute atomic E-state index is 12.6. The number of aromatic nitrogens is 1. The van der Waals surface area contributed by atoms with E-state index in [0.717, 1.165) is 24.2 Å². The summed E-state index contributed by atoms with van der Waals surface area (Å²) in [6.07, 6.45) is 1.62. The molecule has 26 heavy (non-hydrogen) atoms. The molecule has 0 spiro atoms. The first-order chi connectivity index (χ1) is 12.7. The second-order valence-electron chi connectivity index (χ2n) is 6.56. The van der Waals surface area contributed by atoms with Crippen LogP contribution < -0.4 is 4.74 Å².